The number of hydrogen-bond donors (Lipinski definition) is 1. The molecule has 0 saturated carbocycles. The highest BCUT2D eigenvalue weighted by atomic mass is 16.2. The van der Waals surface area contributed by atoms with Gasteiger partial charge in [-0.15, -0.1) is 0 Å². The Balaban J connectivity index is 1.76. The highest BCUT2D eigenvalue weighted by Gasteiger charge is 2.37. The van der Waals surface area contributed by atoms with Gasteiger partial charge in [-0.1, -0.05) is 45.0 Å². The molecule has 2 aliphatic heterocycles. The first-order valence-corrected chi connectivity index (χ1v) is 8.04. The third-order valence-electron chi connectivity index (χ3n) is 5.12. The highest BCUT2D eigenvalue weighted by molar-refractivity contribution is 5.85. The van der Waals surface area contributed by atoms with Crippen LogP contribution in [0.2, 0.25) is 0 Å². The first-order valence-electron chi connectivity index (χ1n) is 8.04. The fourth-order valence-electron chi connectivity index (χ4n) is 3.60. The van der Waals surface area contributed by atoms with Crippen LogP contribution in [0.1, 0.15) is 44.2 Å². The lowest BCUT2D eigenvalue weighted by Gasteiger charge is -2.30. The van der Waals surface area contributed by atoms with Gasteiger partial charge in [-0.3, -0.25) is 4.79 Å². The molecule has 2 heterocycles. The lowest BCUT2D eigenvalue weighted by Crippen LogP contribution is -2.41. The predicted molar refractivity (Wildman–Crippen MR) is 85.0 cm³/mol. The number of carbonyl (C=O) groups excluding carboxylic acids is 1. The van der Waals surface area contributed by atoms with Gasteiger partial charge < -0.3 is 10.2 Å². The molecule has 3 heteroatoms. The molecule has 1 amide bonds. The third-order valence-corrected chi connectivity index (χ3v) is 5.12. The maximum Gasteiger partial charge on any atom is 0.231 e. The monoisotopic (exact) mass is 286 g/mol. The van der Waals surface area contributed by atoms with Gasteiger partial charge in [0.15, 0.2) is 0 Å². The molecule has 2 aliphatic rings. The number of hydrogen-bond acceptors (Lipinski definition) is 2. The summed E-state index contributed by atoms with van der Waals surface area (Å²) in [7, 11) is 0. The van der Waals surface area contributed by atoms with Crippen molar-refractivity contribution in [3.8, 4) is 0 Å². The second-order valence-electron chi connectivity index (χ2n) is 7.52. The van der Waals surface area contributed by atoms with Crippen molar-refractivity contribution < 1.29 is 4.79 Å². The van der Waals surface area contributed by atoms with E-state index in [9.17, 15) is 4.79 Å². The molecule has 0 bridgehead atoms. The molecule has 2 unspecified atom stereocenters. The number of fused-ring (bicyclic) bond motifs is 1. The molecule has 1 saturated heterocycles. The van der Waals surface area contributed by atoms with Crippen LogP contribution in [0.15, 0.2) is 24.3 Å². The highest BCUT2D eigenvalue weighted by Crippen LogP contribution is 2.35. The first-order chi connectivity index (χ1) is 9.97. The zero-order chi connectivity index (χ0) is 15.0. The molecule has 1 N–H and O–H groups in total. The number of nitrogens with zero attached hydrogens (tertiary/aromatic N) is 1. The lowest BCUT2D eigenvalue weighted by atomic mass is 9.80. The molecule has 2 atom stereocenters. The van der Waals surface area contributed by atoms with Crippen LogP contribution >= 0.6 is 0 Å². The smallest absolute Gasteiger partial charge is 0.231 e. The zero-order valence-corrected chi connectivity index (χ0v) is 13.4. The largest absolute Gasteiger partial charge is 0.342 e. The molecule has 3 rings (SSSR count). The van der Waals surface area contributed by atoms with Gasteiger partial charge in [-0.25, -0.2) is 0 Å². The van der Waals surface area contributed by atoms with E-state index in [0.717, 1.165) is 32.6 Å². The van der Waals surface area contributed by atoms with Crippen LogP contribution in [0.4, 0.5) is 0 Å². The Morgan fingerprint density at radius 2 is 2.05 bits per heavy atom. The summed E-state index contributed by atoms with van der Waals surface area (Å²) in [6, 6.07) is 8.35. The molecule has 114 valence electrons. The third kappa shape index (κ3) is 2.84. The van der Waals surface area contributed by atoms with Gasteiger partial charge >= 0.3 is 0 Å². The zero-order valence-electron chi connectivity index (χ0n) is 13.4. The minimum Gasteiger partial charge on any atom is -0.342 e. The van der Waals surface area contributed by atoms with E-state index >= 15 is 0 Å². The van der Waals surface area contributed by atoms with E-state index in [1.807, 2.05) is 6.07 Å². The summed E-state index contributed by atoms with van der Waals surface area (Å²) in [5, 5.41) is 3.39. The molecule has 0 radical (unpaired) electrons. The maximum absolute atomic E-state index is 12.9. The first kappa shape index (κ1) is 14.6. The van der Waals surface area contributed by atoms with Crippen molar-refractivity contribution in [2.24, 2.45) is 11.3 Å². The summed E-state index contributed by atoms with van der Waals surface area (Å²) >= 11 is 0. The van der Waals surface area contributed by atoms with Crippen LogP contribution in [0.3, 0.4) is 0 Å². The van der Waals surface area contributed by atoms with E-state index in [0.29, 0.717) is 11.8 Å². The van der Waals surface area contributed by atoms with Crippen molar-refractivity contribution in [2.45, 2.75) is 39.7 Å². The van der Waals surface area contributed by atoms with E-state index in [1.54, 1.807) is 0 Å². The molecule has 1 aromatic rings. The Bertz CT molecular complexity index is 532. The molecule has 21 heavy (non-hydrogen) atoms. The van der Waals surface area contributed by atoms with Gasteiger partial charge in [0.1, 0.15) is 0 Å². The van der Waals surface area contributed by atoms with Crippen molar-refractivity contribution in [1.82, 2.24) is 10.2 Å². The molecule has 0 aromatic heterocycles. The van der Waals surface area contributed by atoms with Gasteiger partial charge in [0.2, 0.25) is 5.91 Å². The van der Waals surface area contributed by atoms with Crippen LogP contribution < -0.4 is 5.32 Å². The lowest BCUT2D eigenvalue weighted by molar-refractivity contribution is -0.132. The van der Waals surface area contributed by atoms with Crippen LogP contribution in [0.5, 0.6) is 0 Å². The Morgan fingerprint density at radius 1 is 1.29 bits per heavy atom. The Hall–Kier alpha value is -1.35. The second kappa shape index (κ2) is 5.45. The molecule has 0 aliphatic carbocycles. The van der Waals surface area contributed by atoms with E-state index < -0.39 is 0 Å². The van der Waals surface area contributed by atoms with Crippen LogP contribution in [0, 0.1) is 11.3 Å². The minimum absolute atomic E-state index is 0.00586. The number of likely N-dealkylation sites (tertiary alicyclic amines) is 1. The quantitative estimate of drug-likeness (QED) is 0.861. The maximum atomic E-state index is 12.9. The number of carbonyl (C=O) groups is 1. The van der Waals surface area contributed by atoms with Crippen molar-refractivity contribution in [3.63, 3.8) is 0 Å². The van der Waals surface area contributed by atoms with Gasteiger partial charge in [-0.2, -0.15) is 0 Å². The van der Waals surface area contributed by atoms with Crippen LogP contribution in [-0.4, -0.2) is 30.4 Å². The molecular weight excluding hydrogens is 260 g/mol. The van der Waals surface area contributed by atoms with Gasteiger partial charge in [0.05, 0.1) is 5.92 Å². The summed E-state index contributed by atoms with van der Waals surface area (Å²) in [6.45, 7) is 10.3. The van der Waals surface area contributed by atoms with E-state index in [1.165, 1.54) is 11.1 Å². The average molecular weight is 286 g/mol. The van der Waals surface area contributed by atoms with Crippen molar-refractivity contribution in [1.29, 1.82) is 0 Å². The summed E-state index contributed by atoms with van der Waals surface area (Å²) in [5.74, 6) is 0.920. The Kier molecular flexibility index (Phi) is 3.78. The van der Waals surface area contributed by atoms with E-state index in [2.05, 4.69) is 49.2 Å². The van der Waals surface area contributed by atoms with Crippen LogP contribution in [0.25, 0.3) is 0 Å². The summed E-state index contributed by atoms with van der Waals surface area (Å²) in [5.41, 5.74) is 2.78. The molecular formula is C18H26N2O. The van der Waals surface area contributed by atoms with Gasteiger partial charge in [-0.05, 0) is 28.9 Å². The fourth-order valence-corrected chi connectivity index (χ4v) is 3.60. The summed E-state index contributed by atoms with van der Waals surface area (Å²) in [4.78, 5) is 15.0. The summed E-state index contributed by atoms with van der Waals surface area (Å²) in [6.07, 6.45) is 1.14. The van der Waals surface area contributed by atoms with Gasteiger partial charge in [0.25, 0.3) is 0 Å². The normalized spacial score (nSPS) is 25.8. The minimum atomic E-state index is -0.00586. The van der Waals surface area contributed by atoms with Crippen molar-refractivity contribution in [2.75, 3.05) is 19.6 Å². The molecule has 3 nitrogen and oxygen atoms in total. The number of amides is 1. The van der Waals surface area contributed by atoms with E-state index in [4.69, 9.17) is 0 Å². The predicted octanol–water partition coefficient (Wildman–Crippen LogP) is 2.77. The molecule has 1 fully saturated rings. The Labute approximate surface area is 127 Å². The molecule has 1 aromatic carbocycles. The SMILES string of the molecule is CC(C)(C)C1CCN(C(=O)C2CNCc3ccccc32)C1. The topological polar surface area (TPSA) is 32.3 Å². The summed E-state index contributed by atoms with van der Waals surface area (Å²) < 4.78 is 0. The van der Waals surface area contributed by atoms with E-state index in [-0.39, 0.29) is 11.3 Å². The fraction of sp³-hybridized carbons (Fsp3) is 0.611. The second-order valence-corrected chi connectivity index (χ2v) is 7.52. The van der Waals surface area contributed by atoms with Gasteiger partial charge in [0, 0.05) is 26.2 Å². The average Bonchev–Trinajstić information content (AvgIpc) is 2.96. The van der Waals surface area contributed by atoms with Crippen molar-refractivity contribution in [3.05, 3.63) is 35.4 Å². The molecule has 0 spiro atoms. The van der Waals surface area contributed by atoms with Crippen LogP contribution in [-0.2, 0) is 11.3 Å². The standard InChI is InChI=1S/C18H26N2O/c1-18(2,3)14-8-9-20(12-14)17(21)16-11-19-10-13-6-4-5-7-15(13)16/h4-7,14,16,19H,8-12H2,1-3H3. The number of rotatable bonds is 1. The van der Waals surface area contributed by atoms with Crippen molar-refractivity contribution >= 4 is 5.91 Å². The number of nitrogens with one attached hydrogen (secondary N) is 1. The number of benzene rings is 1. The Morgan fingerprint density at radius 3 is 2.76 bits per heavy atom.